The number of rotatable bonds is 20. The van der Waals surface area contributed by atoms with Gasteiger partial charge in [0.2, 0.25) is 0 Å². The van der Waals surface area contributed by atoms with Crippen LogP contribution in [0.2, 0.25) is 0 Å². The maximum absolute atomic E-state index is 10.5. The molecule has 1 aromatic carbocycles. The molecule has 0 amide bonds. The highest BCUT2D eigenvalue weighted by molar-refractivity contribution is 5.66. The third-order valence-corrected chi connectivity index (χ3v) is 5.81. The number of carboxylic acid groups (broad SMARTS) is 1. The van der Waals surface area contributed by atoms with Crippen molar-refractivity contribution in [2.75, 3.05) is 19.8 Å². The molecule has 0 bridgehead atoms. The molecule has 0 aliphatic rings. The predicted molar refractivity (Wildman–Crippen MR) is 136 cm³/mol. The number of carboxylic acids is 1. The van der Waals surface area contributed by atoms with Crippen molar-refractivity contribution in [3.8, 4) is 17.1 Å². The van der Waals surface area contributed by atoms with Gasteiger partial charge in [0.15, 0.2) is 5.82 Å². The topological polar surface area (TPSA) is 81.5 Å². The van der Waals surface area contributed by atoms with E-state index in [-0.39, 0.29) is 0 Å². The van der Waals surface area contributed by atoms with Gasteiger partial charge in [-0.3, -0.25) is 4.79 Å². The molecule has 0 radical (unpaired) electrons. The van der Waals surface area contributed by atoms with Crippen molar-refractivity contribution in [3.05, 3.63) is 42.2 Å². The van der Waals surface area contributed by atoms with Crippen LogP contribution in [0.4, 0.5) is 0 Å². The first-order chi connectivity index (χ1) is 16.7. The number of carbonyl (C=O) groups is 1. The third-order valence-electron chi connectivity index (χ3n) is 5.81. The molecule has 0 saturated carbocycles. The third kappa shape index (κ3) is 12.7. The molecule has 0 aliphatic heterocycles. The zero-order valence-corrected chi connectivity index (χ0v) is 20.8. The van der Waals surface area contributed by atoms with E-state index in [0.717, 1.165) is 62.3 Å². The molecule has 0 saturated heterocycles. The van der Waals surface area contributed by atoms with Crippen LogP contribution in [0.1, 0.15) is 89.5 Å². The second-order valence-electron chi connectivity index (χ2n) is 8.83. The molecule has 34 heavy (non-hydrogen) atoms. The summed E-state index contributed by atoms with van der Waals surface area (Å²) < 4.78 is 11.3. The largest absolute Gasteiger partial charge is 0.491 e. The van der Waals surface area contributed by atoms with Gasteiger partial charge in [0.1, 0.15) is 12.4 Å². The Balaban J connectivity index is 1.57. The number of hydrogen-bond donors (Lipinski definition) is 1. The molecule has 2 rings (SSSR count). The second kappa shape index (κ2) is 17.9. The first-order valence-electron chi connectivity index (χ1n) is 13.0. The highest BCUT2D eigenvalue weighted by atomic mass is 16.5. The van der Waals surface area contributed by atoms with E-state index in [2.05, 4.69) is 16.9 Å². The zero-order chi connectivity index (χ0) is 24.3. The number of unbranched alkanes of at least 4 members (excludes halogenated alkanes) is 9. The standard InChI is InChI=1S/C28H42N2O4/c1-2-3-12-19-33-20-21-34-26-17-15-25(16-18-26)28-29-22-24(23-30-28)13-10-8-6-4-5-7-9-11-14-27(31)32/h15-18,22-23H,2-14,19-21H2,1H3,(H,31,32). The maximum Gasteiger partial charge on any atom is 0.303 e. The van der Waals surface area contributed by atoms with Gasteiger partial charge in [-0.1, -0.05) is 58.3 Å². The predicted octanol–water partition coefficient (Wildman–Crippen LogP) is 6.87. The fourth-order valence-electron chi connectivity index (χ4n) is 3.77. The van der Waals surface area contributed by atoms with Crippen LogP contribution in [-0.4, -0.2) is 40.9 Å². The summed E-state index contributed by atoms with van der Waals surface area (Å²) in [5.41, 5.74) is 2.16. The number of aromatic nitrogens is 2. The molecule has 6 nitrogen and oxygen atoms in total. The summed E-state index contributed by atoms with van der Waals surface area (Å²) >= 11 is 0. The van der Waals surface area contributed by atoms with Crippen LogP contribution in [0, 0.1) is 0 Å². The van der Waals surface area contributed by atoms with Crippen molar-refractivity contribution >= 4 is 5.97 Å². The van der Waals surface area contributed by atoms with E-state index in [1.165, 1.54) is 44.1 Å². The van der Waals surface area contributed by atoms with Crippen molar-refractivity contribution < 1.29 is 19.4 Å². The van der Waals surface area contributed by atoms with Crippen molar-refractivity contribution in [2.24, 2.45) is 0 Å². The lowest BCUT2D eigenvalue weighted by molar-refractivity contribution is -0.137. The molecule has 1 heterocycles. The number of aliphatic carboxylic acids is 1. The molecule has 188 valence electrons. The molecular weight excluding hydrogens is 428 g/mol. The van der Waals surface area contributed by atoms with E-state index < -0.39 is 5.97 Å². The van der Waals surface area contributed by atoms with Gasteiger partial charge in [0, 0.05) is 31.0 Å². The van der Waals surface area contributed by atoms with Gasteiger partial charge in [-0.25, -0.2) is 9.97 Å². The zero-order valence-electron chi connectivity index (χ0n) is 20.8. The van der Waals surface area contributed by atoms with Crippen molar-refractivity contribution in [3.63, 3.8) is 0 Å². The highest BCUT2D eigenvalue weighted by Gasteiger charge is 2.03. The smallest absolute Gasteiger partial charge is 0.303 e. The Morgan fingerprint density at radius 1 is 0.794 bits per heavy atom. The lowest BCUT2D eigenvalue weighted by Gasteiger charge is -2.08. The normalized spacial score (nSPS) is 11.0. The van der Waals surface area contributed by atoms with E-state index in [9.17, 15) is 4.79 Å². The van der Waals surface area contributed by atoms with Crippen LogP contribution >= 0.6 is 0 Å². The van der Waals surface area contributed by atoms with Gasteiger partial charge >= 0.3 is 5.97 Å². The summed E-state index contributed by atoms with van der Waals surface area (Å²) in [6, 6.07) is 7.90. The fraction of sp³-hybridized carbons (Fsp3) is 0.607. The average molecular weight is 471 g/mol. The Kier molecular flexibility index (Phi) is 14.6. The Morgan fingerprint density at radius 2 is 1.44 bits per heavy atom. The molecule has 1 aromatic heterocycles. The molecule has 0 atom stereocenters. The molecule has 0 aliphatic carbocycles. The number of hydrogen-bond acceptors (Lipinski definition) is 5. The Hall–Kier alpha value is -2.47. The van der Waals surface area contributed by atoms with E-state index in [0.29, 0.717) is 19.6 Å². The van der Waals surface area contributed by atoms with Gasteiger partial charge in [-0.05, 0) is 55.5 Å². The van der Waals surface area contributed by atoms with E-state index >= 15 is 0 Å². The SMILES string of the molecule is CCCCCOCCOc1ccc(-c2ncc(CCCCCCCCCCC(=O)O)cn2)cc1. The molecule has 0 unspecified atom stereocenters. The maximum atomic E-state index is 10.5. The quantitative estimate of drug-likeness (QED) is 0.213. The van der Waals surface area contributed by atoms with Crippen molar-refractivity contribution in [1.29, 1.82) is 0 Å². The minimum absolute atomic E-state index is 0.301. The van der Waals surface area contributed by atoms with Crippen LogP contribution in [0.5, 0.6) is 5.75 Å². The number of ether oxygens (including phenoxy) is 2. The molecule has 0 spiro atoms. The number of benzene rings is 1. The lowest BCUT2D eigenvalue weighted by Crippen LogP contribution is -2.07. The monoisotopic (exact) mass is 470 g/mol. The van der Waals surface area contributed by atoms with Crippen LogP contribution in [0.15, 0.2) is 36.7 Å². The summed E-state index contributed by atoms with van der Waals surface area (Å²) in [4.78, 5) is 19.6. The Morgan fingerprint density at radius 3 is 2.09 bits per heavy atom. The van der Waals surface area contributed by atoms with Crippen LogP contribution < -0.4 is 4.74 Å². The van der Waals surface area contributed by atoms with Gasteiger partial charge in [-0.15, -0.1) is 0 Å². The minimum atomic E-state index is -0.686. The molecule has 2 aromatic rings. The van der Waals surface area contributed by atoms with Crippen molar-refractivity contribution in [1.82, 2.24) is 9.97 Å². The fourth-order valence-corrected chi connectivity index (χ4v) is 3.77. The minimum Gasteiger partial charge on any atom is -0.491 e. The molecule has 0 fully saturated rings. The summed E-state index contributed by atoms with van der Waals surface area (Å²) in [5, 5.41) is 8.63. The molecule has 1 N–H and O–H groups in total. The van der Waals surface area contributed by atoms with Crippen molar-refractivity contribution in [2.45, 2.75) is 90.4 Å². The van der Waals surface area contributed by atoms with Gasteiger partial charge in [0.05, 0.1) is 6.61 Å². The summed E-state index contributed by atoms with van der Waals surface area (Å²) in [6.45, 7) is 4.17. The van der Waals surface area contributed by atoms with Gasteiger partial charge in [-0.2, -0.15) is 0 Å². The lowest BCUT2D eigenvalue weighted by atomic mass is 10.0. The summed E-state index contributed by atoms with van der Waals surface area (Å²) in [6.07, 6.45) is 17.7. The van der Waals surface area contributed by atoms with E-state index in [4.69, 9.17) is 14.6 Å². The average Bonchev–Trinajstić information content (AvgIpc) is 2.85. The second-order valence-corrected chi connectivity index (χ2v) is 8.83. The summed E-state index contributed by atoms with van der Waals surface area (Å²) in [7, 11) is 0. The van der Waals surface area contributed by atoms with Gasteiger partial charge in [0.25, 0.3) is 0 Å². The van der Waals surface area contributed by atoms with Crippen LogP contribution in [0.3, 0.4) is 0 Å². The molecule has 6 heteroatoms. The van der Waals surface area contributed by atoms with E-state index in [1.54, 1.807) is 0 Å². The Bertz CT molecular complexity index is 778. The van der Waals surface area contributed by atoms with Gasteiger partial charge < -0.3 is 14.6 Å². The molecular formula is C28H42N2O4. The first-order valence-corrected chi connectivity index (χ1v) is 13.0. The van der Waals surface area contributed by atoms with E-state index in [1.807, 2.05) is 36.7 Å². The number of nitrogens with zero attached hydrogens (tertiary/aromatic N) is 2. The first kappa shape index (κ1) is 27.8. The van der Waals surface area contributed by atoms with Crippen LogP contribution in [0.25, 0.3) is 11.4 Å². The number of aryl methyl sites for hydroxylation is 1. The summed E-state index contributed by atoms with van der Waals surface area (Å²) in [5.74, 6) is 0.879. The highest BCUT2D eigenvalue weighted by Crippen LogP contribution is 2.20. The Labute approximate surface area is 205 Å². The van der Waals surface area contributed by atoms with Crippen LogP contribution in [-0.2, 0) is 16.0 Å².